The first-order valence-electron chi connectivity index (χ1n) is 5.28. The Bertz CT molecular complexity index is 738. The summed E-state index contributed by atoms with van der Waals surface area (Å²) in [7, 11) is 1.85. The van der Waals surface area contributed by atoms with Crippen LogP contribution in [0.5, 0.6) is 5.88 Å². The van der Waals surface area contributed by atoms with Crippen LogP contribution in [0.25, 0.3) is 22.2 Å². The Labute approximate surface area is 108 Å². The van der Waals surface area contributed by atoms with Gasteiger partial charge in [-0.1, -0.05) is 11.6 Å². The maximum absolute atomic E-state index is 9.42. The van der Waals surface area contributed by atoms with Gasteiger partial charge in [0.1, 0.15) is 6.33 Å². The number of rotatable bonds is 1. The van der Waals surface area contributed by atoms with Crippen molar-refractivity contribution in [1.29, 1.82) is 0 Å². The molecule has 6 heteroatoms. The molecule has 3 rings (SSSR count). The van der Waals surface area contributed by atoms with Gasteiger partial charge in [0.25, 0.3) is 0 Å². The lowest BCUT2D eigenvalue weighted by molar-refractivity contribution is 0.452. The highest BCUT2D eigenvalue weighted by Crippen LogP contribution is 2.31. The van der Waals surface area contributed by atoms with E-state index in [9.17, 15) is 5.11 Å². The molecule has 0 unspecified atom stereocenters. The molecule has 0 amide bonds. The van der Waals surface area contributed by atoms with Gasteiger partial charge in [-0.15, -0.1) is 0 Å². The minimum Gasteiger partial charge on any atom is -0.493 e. The van der Waals surface area contributed by atoms with E-state index in [1.54, 1.807) is 16.9 Å². The molecule has 0 aliphatic heterocycles. The first kappa shape index (κ1) is 11.0. The van der Waals surface area contributed by atoms with Crippen molar-refractivity contribution in [2.45, 2.75) is 0 Å². The molecule has 3 aromatic rings. The van der Waals surface area contributed by atoms with E-state index < -0.39 is 0 Å². The quantitative estimate of drug-likeness (QED) is 0.730. The van der Waals surface area contributed by atoms with Crippen molar-refractivity contribution in [3.63, 3.8) is 0 Å². The molecule has 1 N–H and O–H groups in total. The van der Waals surface area contributed by atoms with Gasteiger partial charge in [-0.05, 0) is 12.1 Å². The normalized spacial score (nSPS) is 11.0. The third-order valence-electron chi connectivity index (χ3n) is 2.76. The molecule has 0 saturated carbocycles. The van der Waals surface area contributed by atoms with E-state index in [4.69, 9.17) is 11.6 Å². The van der Waals surface area contributed by atoms with Crippen molar-refractivity contribution in [2.75, 3.05) is 0 Å². The van der Waals surface area contributed by atoms with Crippen molar-refractivity contribution in [1.82, 2.24) is 19.7 Å². The predicted octanol–water partition coefficient (Wildman–Crippen LogP) is 2.39. The number of halogens is 1. The van der Waals surface area contributed by atoms with Gasteiger partial charge < -0.3 is 5.11 Å². The number of hydrogen-bond donors (Lipinski definition) is 1. The van der Waals surface area contributed by atoms with E-state index in [1.165, 1.54) is 12.4 Å². The minimum atomic E-state index is -0.0722. The lowest BCUT2D eigenvalue weighted by Crippen LogP contribution is -1.90. The zero-order valence-electron chi connectivity index (χ0n) is 9.50. The Morgan fingerprint density at radius 2 is 2.06 bits per heavy atom. The molecule has 0 aliphatic carbocycles. The molecule has 2 aromatic heterocycles. The second-order valence-corrected chi connectivity index (χ2v) is 4.35. The maximum Gasteiger partial charge on any atom is 0.214 e. The lowest BCUT2D eigenvalue weighted by atomic mass is 10.1. The number of aromatic hydroxyl groups is 1. The van der Waals surface area contributed by atoms with Crippen LogP contribution >= 0.6 is 11.6 Å². The summed E-state index contributed by atoms with van der Waals surface area (Å²) in [4.78, 5) is 7.81. The van der Waals surface area contributed by atoms with Gasteiger partial charge >= 0.3 is 0 Å². The average Bonchev–Trinajstić information content (AvgIpc) is 2.70. The summed E-state index contributed by atoms with van der Waals surface area (Å²) in [6, 6.07) is 5.14. The number of aromatic nitrogens is 4. The van der Waals surface area contributed by atoms with Gasteiger partial charge in [-0.3, -0.25) is 4.68 Å². The molecule has 1 aromatic carbocycles. The Hall–Kier alpha value is -2.14. The minimum absolute atomic E-state index is 0.0722. The van der Waals surface area contributed by atoms with Crippen molar-refractivity contribution in [2.24, 2.45) is 7.05 Å². The maximum atomic E-state index is 9.42. The van der Waals surface area contributed by atoms with Crippen LogP contribution in [-0.4, -0.2) is 24.9 Å². The second-order valence-electron chi connectivity index (χ2n) is 3.92. The molecule has 0 saturated heterocycles. The molecule has 0 bridgehead atoms. The monoisotopic (exact) mass is 260 g/mol. The molecule has 0 spiro atoms. The largest absolute Gasteiger partial charge is 0.493 e. The highest BCUT2D eigenvalue weighted by atomic mass is 35.5. The summed E-state index contributed by atoms with van der Waals surface area (Å²) in [6.45, 7) is 0. The second kappa shape index (κ2) is 3.96. The van der Waals surface area contributed by atoms with E-state index in [2.05, 4.69) is 15.1 Å². The zero-order valence-corrected chi connectivity index (χ0v) is 10.3. The summed E-state index contributed by atoms with van der Waals surface area (Å²) in [6.07, 6.45) is 3.06. The Kier molecular flexibility index (Phi) is 2.41. The van der Waals surface area contributed by atoms with Crippen LogP contribution in [0.4, 0.5) is 0 Å². The van der Waals surface area contributed by atoms with E-state index in [0.717, 1.165) is 16.5 Å². The fourth-order valence-corrected chi connectivity index (χ4v) is 2.13. The standard InChI is InChI=1S/C12H9ClN4O/c1-17-11-3-7(13)2-8(9(11)5-16-17)10-4-12(18)15-6-14-10/h2-6H,1H3,(H,14,15,18). The Morgan fingerprint density at radius 3 is 2.83 bits per heavy atom. The Balaban J connectivity index is 2.35. The summed E-state index contributed by atoms with van der Waals surface area (Å²) in [5, 5.41) is 15.1. The van der Waals surface area contributed by atoms with Crippen LogP contribution in [0.1, 0.15) is 0 Å². The third kappa shape index (κ3) is 1.69. The number of benzene rings is 1. The first-order valence-corrected chi connectivity index (χ1v) is 5.65. The molecule has 0 fully saturated rings. The molecule has 0 radical (unpaired) electrons. The molecule has 18 heavy (non-hydrogen) atoms. The molecular formula is C12H9ClN4O. The number of fused-ring (bicyclic) bond motifs is 1. The van der Waals surface area contributed by atoms with Crippen LogP contribution in [0.2, 0.25) is 5.02 Å². The van der Waals surface area contributed by atoms with Gasteiger partial charge in [0.2, 0.25) is 5.88 Å². The Morgan fingerprint density at radius 1 is 1.22 bits per heavy atom. The topological polar surface area (TPSA) is 63.8 Å². The zero-order chi connectivity index (χ0) is 12.7. The summed E-state index contributed by atoms with van der Waals surface area (Å²) < 4.78 is 1.74. The van der Waals surface area contributed by atoms with Crippen LogP contribution in [0.3, 0.4) is 0 Å². The number of hydrogen-bond acceptors (Lipinski definition) is 4. The van der Waals surface area contributed by atoms with E-state index in [0.29, 0.717) is 10.7 Å². The molecule has 0 aliphatic rings. The van der Waals surface area contributed by atoms with Crippen molar-refractivity contribution in [3.05, 3.63) is 35.7 Å². The summed E-state index contributed by atoms with van der Waals surface area (Å²) in [5.41, 5.74) is 2.35. The fourth-order valence-electron chi connectivity index (χ4n) is 1.92. The van der Waals surface area contributed by atoms with Gasteiger partial charge in [0.15, 0.2) is 0 Å². The van der Waals surface area contributed by atoms with Crippen LogP contribution in [-0.2, 0) is 7.05 Å². The number of aryl methyl sites for hydroxylation is 1. The molecule has 90 valence electrons. The molecule has 2 heterocycles. The van der Waals surface area contributed by atoms with Gasteiger partial charge in [-0.2, -0.15) is 5.10 Å². The van der Waals surface area contributed by atoms with Gasteiger partial charge in [-0.25, -0.2) is 9.97 Å². The molecule has 0 atom stereocenters. The van der Waals surface area contributed by atoms with E-state index >= 15 is 0 Å². The molecule has 5 nitrogen and oxygen atoms in total. The van der Waals surface area contributed by atoms with Gasteiger partial charge in [0.05, 0.1) is 17.4 Å². The first-order chi connectivity index (χ1) is 8.65. The predicted molar refractivity (Wildman–Crippen MR) is 68.4 cm³/mol. The van der Waals surface area contributed by atoms with Crippen molar-refractivity contribution < 1.29 is 5.11 Å². The summed E-state index contributed by atoms with van der Waals surface area (Å²) in [5.74, 6) is -0.0722. The van der Waals surface area contributed by atoms with Crippen LogP contribution in [0.15, 0.2) is 30.7 Å². The summed E-state index contributed by atoms with van der Waals surface area (Å²) >= 11 is 6.10. The smallest absolute Gasteiger partial charge is 0.214 e. The van der Waals surface area contributed by atoms with Crippen molar-refractivity contribution >= 4 is 22.5 Å². The molecular weight excluding hydrogens is 252 g/mol. The highest BCUT2D eigenvalue weighted by Gasteiger charge is 2.11. The van der Waals surface area contributed by atoms with Crippen LogP contribution in [0, 0.1) is 0 Å². The third-order valence-corrected chi connectivity index (χ3v) is 2.98. The van der Waals surface area contributed by atoms with Crippen molar-refractivity contribution in [3.8, 4) is 17.1 Å². The van der Waals surface area contributed by atoms with Crippen LogP contribution < -0.4 is 0 Å². The fraction of sp³-hybridized carbons (Fsp3) is 0.0833. The number of nitrogens with zero attached hydrogens (tertiary/aromatic N) is 4. The lowest BCUT2D eigenvalue weighted by Gasteiger charge is -2.04. The van der Waals surface area contributed by atoms with E-state index in [-0.39, 0.29) is 5.88 Å². The van der Waals surface area contributed by atoms with Gasteiger partial charge in [0, 0.05) is 29.1 Å². The highest BCUT2D eigenvalue weighted by molar-refractivity contribution is 6.31. The van der Waals surface area contributed by atoms with E-state index in [1.807, 2.05) is 13.1 Å². The SMILES string of the molecule is Cn1ncc2c(-c3cc(O)ncn3)cc(Cl)cc21. The average molecular weight is 261 g/mol.